The molecule has 2 nitrogen and oxygen atoms in total. The van der Waals surface area contributed by atoms with Crippen LogP contribution in [0.1, 0.15) is 0 Å². The molecule has 0 radical (unpaired) electrons. The molecule has 4 rings (SSSR count). The van der Waals surface area contributed by atoms with E-state index in [0.29, 0.717) is 0 Å². The minimum absolute atomic E-state index is 0.745. The van der Waals surface area contributed by atoms with Crippen molar-refractivity contribution >= 4 is 16.6 Å². The molecule has 1 heterocycles. The highest BCUT2D eigenvalue weighted by Gasteiger charge is 2.10. The fourth-order valence-corrected chi connectivity index (χ4v) is 2.90. The van der Waals surface area contributed by atoms with Crippen molar-refractivity contribution in [2.75, 3.05) is 5.73 Å². The third kappa shape index (κ3) is 2.44. The Morgan fingerprint density at radius 1 is 0.652 bits per heavy atom. The summed E-state index contributed by atoms with van der Waals surface area (Å²) in [4.78, 5) is 4.81. The van der Waals surface area contributed by atoms with E-state index in [0.717, 1.165) is 27.8 Å². The van der Waals surface area contributed by atoms with Crippen molar-refractivity contribution in [1.82, 2.24) is 4.98 Å². The van der Waals surface area contributed by atoms with Crippen molar-refractivity contribution < 1.29 is 0 Å². The van der Waals surface area contributed by atoms with Crippen molar-refractivity contribution in [3.05, 3.63) is 84.9 Å². The molecule has 0 saturated carbocycles. The lowest BCUT2D eigenvalue weighted by atomic mass is 9.98. The van der Waals surface area contributed by atoms with E-state index in [1.54, 1.807) is 0 Å². The molecule has 2 N–H and O–H groups in total. The normalized spacial score (nSPS) is 10.8. The Morgan fingerprint density at radius 2 is 1.35 bits per heavy atom. The van der Waals surface area contributed by atoms with Crippen LogP contribution < -0.4 is 5.73 Å². The van der Waals surface area contributed by atoms with E-state index in [1.807, 2.05) is 48.5 Å². The zero-order valence-electron chi connectivity index (χ0n) is 12.6. The van der Waals surface area contributed by atoms with Gasteiger partial charge < -0.3 is 5.73 Å². The van der Waals surface area contributed by atoms with Crippen molar-refractivity contribution in [3.63, 3.8) is 0 Å². The highest BCUT2D eigenvalue weighted by atomic mass is 14.7. The third-order valence-corrected chi connectivity index (χ3v) is 4.04. The molecule has 0 amide bonds. The van der Waals surface area contributed by atoms with Gasteiger partial charge in [0.05, 0.1) is 11.2 Å². The van der Waals surface area contributed by atoms with Crippen molar-refractivity contribution in [2.24, 2.45) is 0 Å². The maximum absolute atomic E-state index is 6.15. The van der Waals surface area contributed by atoms with Crippen molar-refractivity contribution in [2.45, 2.75) is 0 Å². The fourth-order valence-electron chi connectivity index (χ4n) is 2.90. The minimum Gasteiger partial charge on any atom is -0.398 e. The molecule has 23 heavy (non-hydrogen) atoms. The summed E-state index contributed by atoms with van der Waals surface area (Å²) in [6, 6.07) is 28.6. The van der Waals surface area contributed by atoms with Gasteiger partial charge in [0.25, 0.3) is 0 Å². The Balaban J connectivity index is 2.04. The van der Waals surface area contributed by atoms with E-state index in [-0.39, 0.29) is 0 Å². The van der Waals surface area contributed by atoms with Crippen LogP contribution in [0.25, 0.3) is 33.3 Å². The maximum Gasteiger partial charge on any atom is 0.0736 e. The molecule has 0 saturated heterocycles. The number of rotatable bonds is 2. The summed E-state index contributed by atoms with van der Waals surface area (Å²) in [6.07, 6.45) is 0. The summed E-state index contributed by atoms with van der Waals surface area (Å²) in [6.45, 7) is 0. The molecular formula is C21H16N2. The molecular weight excluding hydrogens is 280 g/mol. The van der Waals surface area contributed by atoms with E-state index in [4.69, 9.17) is 10.7 Å². The Bertz CT molecular complexity index is 975. The van der Waals surface area contributed by atoms with E-state index in [2.05, 4.69) is 36.4 Å². The molecule has 0 spiro atoms. The van der Waals surface area contributed by atoms with Gasteiger partial charge in [-0.3, -0.25) is 0 Å². The van der Waals surface area contributed by atoms with Gasteiger partial charge in [-0.15, -0.1) is 0 Å². The van der Waals surface area contributed by atoms with Gasteiger partial charge >= 0.3 is 0 Å². The molecule has 0 fully saturated rings. The monoisotopic (exact) mass is 296 g/mol. The van der Waals surface area contributed by atoms with Crippen LogP contribution in [0.2, 0.25) is 0 Å². The Labute approximate surface area is 135 Å². The van der Waals surface area contributed by atoms with Gasteiger partial charge in [-0.1, -0.05) is 66.7 Å². The van der Waals surface area contributed by atoms with E-state index >= 15 is 0 Å². The second kappa shape index (κ2) is 5.58. The number of nitrogens with zero attached hydrogens (tertiary/aromatic N) is 1. The van der Waals surface area contributed by atoms with Gasteiger partial charge in [-0.05, 0) is 29.3 Å². The molecule has 110 valence electrons. The highest BCUT2D eigenvalue weighted by molar-refractivity contribution is 5.97. The number of hydrogen-bond acceptors (Lipinski definition) is 2. The SMILES string of the molecule is Nc1ccccc1-c1cc(-c2ccccc2)c2ccccc2n1. The van der Waals surface area contributed by atoms with E-state index < -0.39 is 0 Å². The Hall–Kier alpha value is -3.13. The van der Waals surface area contributed by atoms with Gasteiger partial charge in [0, 0.05) is 16.6 Å². The van der Waals surface area contributed by atoms with Gasteiger partial charge in [0.2, 0.25) is 0 Å². The smallest absolute Gasteiger partial charge is 0.0736 e. The first-order valence-corrected chi connectivity index (χ1v) is 7.63. The molecule has 0 unspecified atom stereocenters. The molecule has 0 bridgehead atoms. The lowest BCUT2D eigenvalue weighted by molar-refractivity contribution is 1.40. The minimum atomic E-state index is 0.745. The van der Waals surface area contributed by atoms with E-state index in [9.17, 15) is 0 Å². The zero-order valence-corrected chi connectivity index (χ0v) is 12.6. The summed E-state index contributed by atoms with van der Waals surface area (Å²) in [5, 5.41) is 1.15. The number of anilines is 1. The largest absolute Gasteiger partial charge is 0.398 e. The first kappa shape index (κ1) is 13.5. The maximum atomic E-state index is 6.15. The molecule has 2 heteroatoms. The van der Waals surface area contributed by atoms with Crippen LogP contribution in [-0.4, -0.2) is 4.98 Å². The molecule has 0 aliphatic rings. The predicted molar refractivity (Wildman–Crippen MR) is 97.0 cm³/mol. The number of hydrogen-bond donors (Lipinski definition) is 1. The van der Waals surface area contributed by atoms with Crippen LogP contribution in [0.15, 0.2) is 84.9 Å². The van der Waals surface area contributed by atoms with Crippen LogP contribution in [0.3, 0.4) is 0 Å². The Kier molecular flexibility index (Phi) is 3.28. The number of nitrogens with two attached hydrogens (primary N) is 1. The Morgan fingerprint density at radius 3 is 2.17 bits per heavy atom. The van der Waals surface area contributed by atoms with Gasteiger partial charge in [0.1, 0.15) is 0 Å². The van der Waals surface area contributed by atoms with Gasteiger partial charge in [-0.25, -0.2) is 4.98 Å². The van der Waals surface area contributed by atoms with Crippen LogP contribution in [-0.2, 0) is 0 Å². The number of pyridine rings is 1. The van der Waals surface area contributed by atoms with Crippen LogP contribution >= 0.6 is 0 Å². The quantitative estimate of drug-likeness (QED) is 0.519. The topological polar surface area (TPSA) is 38.9 Å². The predicted octanol–water partition coefficient (Wildman–Crippen LogP) is 5.15. The average molecular weight is 296 g/mol. The van der Waals surface area contributed by atoms with Crippen LogP contribution in [0, 0.1) is 0 Å². The first-order valence-electron chi connectivity index (χ1n) is 7.63. The third-order valence-electron chi connectivity index (χ3n) is 4.04. The number of nitrogen functional groups attached to an aromatic ring is 1. The number of benzene rings is 3. The molecule has 1 aromatic heterocycles. The molecule has 0 aliphatic carbocycles. The standard InChI is InChI=1S/C21H16N2/c22-19-12-6-4-11-17(19)21-14-18(15-8-2-1-3-9-15)16-10-5-7-13-20(16)23-21/h1-14H,22H2. The zero-order chi connectivity index (χ0) is 15.6. The number of para-hydroxylation sites is 2. The van der Waals surface area contributed by atoms with Gasteiger partial charge in [-0.2, -0.15) is 0 Å². The van der Waals surface area contributed by atoms with E-state index in [1.165, 1.54) is 11.1 Å². The summed E-state index contributed by atoms with van der Waals surface area (Å²) < 4.78 is 0. The summed E-state index contributed by atoms with van der Waals surface area (Å²) in [5.41, 5.74) is 12.1. The van der Waals surface area contributed by atoms with Crippen LogP contribution in [0.5, 0.6) is 0 Å². The highest BCUT2D eigenvalue weighted by Crippen LogP contribution is 2.33. The first-order chi connectivity index (χ1) is 11.3. The summed E-state index contributed by atoms with van der Waals surface area (Å²) in [7, 11) is 0. The molecule has 4 aromatic rings. The van der Waals surface area contributed by atoms with Crippen LogP contribution in [0.4, 0.5) is 5.69 Å². The van der Waals surface area contributed by atoms with Gasteiger partial charge in [0.15, 0.2) is 0 Å². The molecule has 3 aromatic carbocycles. The fraction of sp³-hybridized carbons (Fsp3) is 0. The lowest BCUT2D eigenvalue weighted by Crippen LogP contribution is -1.93. The second-order valence-electron chi connectivity index (χ2n) is 5.53. The summed E-state index contributed by atoms with van der Waals surface area (Å²) in [5.74, 6) is 0. The van der Waals surface area contributed by atoms with Crippen molar-refractivity contribution in [1.29, 1.82) is 0 Å². The molecule has 0 aliphatic heterocycles. The number of fused-ring (bicyclic) bond motifs is 1. The molecule has 0 atom stereocenters. The number of aromatic nitrogens is 1. The second-order valence-corrected chi connectivity index (χ2v) is 5.53. The lowest BCUT2D eigenvalue weighted by Gasteiger charge is -2.11. The van der Waals surface area contributed by atoms with Crippen molar-refractivity contribution in [3.8, 4) is 22.4 Å². The summed E-state index contributed by atoms with van der Waals surface area (Å²) >= 11 is 0. The average Bonchev–Trinajstić information content (AvgIpc) is 2.62.